The van der Waals surface area contributed by atoms with E-state index in [-0.39, 0.29) is 24.0 Å². The number of halogens is 1. The summed E-state index contributed by atoms with van der Waals surface area (Å²) in [7, 11) is 0. The summed E-state index contributed by atoms with van der Waals surface area (Å²) < 4.78 is 0. The zero-order valence-corrected chi connectivity index (χ0v) is 10.2. The van der Waals surface area contributed by atoms with Gasteiger partial charge in [0.2, 0.25) is 0 Å². The Morgan fingerprint density at radius 2 is 2.06 bits per heavy atom. The van der Waals surface area contributed by atoms with Gasteiger partial charge in [0.15, 0.2) is 0 Å². The zero-order chi connectivity index (χ0) is 12.4. The fourth-order valence-electron chi connectivity index (χ4n) is 2.23. The van der Waals surface area contributed by atoms with E-state index in [0.29, 0.717) is 18.7 Å². The third-order valence-electron chi connectivity index (χ3n) is 3.06. The molecule has 0 bridgehead atoms. The van der Waals surface area contributed by atoms with Crippen molar-refractivity contribution in [3.05, 3.63) is 39.9 Å². The van der Waals surface area contributed by atoms with Crippen molar-refractivity contribution >= 4 is 24.1 Å². The molecule has 1 aliphatic heterocycles. The van der Waals surface area contributed by atoms with Crippen LogP contribution in [0.5, 0.6) is 0 Å². The van der Waals surface area contributed by atoms with Gasteiger partial charge in [0.05, 0.1) is 10.8 Å². The van der Waals surface area contributed by atoms with Gasteiger partial charge in [0.1, 0.15) is 0 Å². The highest BCUT2D eigenvalue weighted by Gasteiger charge is 2.37. The van der Waals surface area contributed by atoms with Gasteiger partial charge in [-0.05, 0) is 0 Å². The van der Waals surface area contributed by atoms with E-state index in [9.17, 15) is 14.9 Å². The normalized spacial score (nSPS) is 22.2. The van der Waals surface area contributed by atoms with E-state index in [4.69, 9.17) is 5.11 Å². The number of para-hydroxylation sites is 1. The monoisotopic (exact) mass is 272 g/mol. The SMILES string of the molecule is Cl.O=C(O)C1CNCC1c1ccccc1[N+](=O)[O-]. The molecule has 1 saturated heterocycles. The van der Waals surface area contributed by atoms with Crippen LogP contribution in [-0.2, 0) is 4.79 Å². The summed E-state index contributed by atoms with van der Waals surface area (Å²) in [5, 5.41) is 22.9. The minimum Gasteiger partial charge on any atom is -0.481 e. The molecule has 98 valence electrons. The van der Waals surface area contributed by atoms with E-state index in [1.54, 1.807) is 18.2 Å². The first-order valence-electron chi connectivity index (χ1n) is 5.28. The second-order valence-corrected chi connectivity index (χ2v) is 4.03. The maximum atomic E-state index is 11.1. The quantitative estimate of drug-likeness (QED) is 0.641. The van der Waals surface area contributed by atoms with Gasteiger partial charge in [-0.1, -0.05) is 18.2 Å². The van der Waals surface area contributed by atoms with E-state index in [1.165, 1.54) is 6.07 Å². The van der Waals surface area contributed by atoms with Gasteiger partial charge in [0, 0.05) is 30.6 Å². The molecule has 1 aromatic rings. The zero-order valence-electron chi connectivity index (χ0n) is 9.41. The number of carbonyl (C=O) groups is 1. The second-order valence-electron chi connectivity index (χ2n) is 4.03. The van der Waals surface area contributed by atoms with Crippen LogP contribution in [0.15, 0.2) is 24.3 Å². The number of benzene rings is 1. The van der Waals surface area contributed by atoms with Crippen LogP contribution >= 0.6 is 12.4 Å². The minimum absolute atomic E-state index is 0. The standard InChI is InChI=1S/C11H12N2O4.ClH/c14-11(15)9-6-12-5-8(9)7-3-1-2-4-10(7)13(16)17;/h1-4,8-9,12H,5-6H2,(H,14,15);1H. The first kappa shape index (κ1) is 14.4. The molecule has 1 heterocycles. The van der Waals surface area contributed by atoms with E-state index in [0.717, 1.165) is 0 Å². The highest BCUT2D eigenvalue weighted by Crippen LogP contribution is 2.34. The van der Waals surface area contributed by atoms with Crippen LogP contribution in [0, 0.1) is 16.0 Å². The fourth-order valence-corrected chi connectivity index (χ4v) is 2.23. The Labute approximate surface area is 110 Å². The summed E-state index contributed by atoms with van der Waals surface area (Å²) in [4.78, 5) is 21.5. The number of carboxylic acid groups (broad SMARTS) is 1. The molecule has 18 heavy (non-hydrogen) atoms. The molecule has 0 radical (unpaired) electrons. The third-order valence-corrected chi connectivity index (χ3v) is 3.06. The number of nitrogens with one attached hydrogen (secondary N) is 1. The summed E-state index contributed by atoms with van der Waals surface area (Å²) in [6.45, 7) is 0.813. The largest absolute Gasteiger partial charge is 0.481 e. The van der Waals surface area contributed by atoms with Gasteiger partial charge < -0.3 is 10.4 Å². The van der Waals surface area contributed by atoms with Crippen molar-refractivity contribution in [3.8, 4) is 0 Å². The Kier molecular flexibility index (Phi) is 4.63. The van der Waals surface area contributed by atoms with Crippen LogP contribution in [0.25, 0.3) is 0 Å². The number of nitro groups is 1. The van der Waals surface area contributed by atoms with Crippen molar-refractivity contribution in [2.75, 3.05) is 13.1 Å². The lowest BCUT2D eigenvalue weighted by Crippen LogP contribution is -2.21. The number of hydrogen-bond acceptors (Lipinski definition) is 4. The number of hydrogen-bond donors (Lipinski definition) is 2. The Hall–Kier alpha value is -1.66. The minimum atomic E-state index is -0.918. The van der Waals surface area contributed by atoms with Crippen LogP contribution in [0.2, 0.25) is 0 Å². The highest BCUT2D eigenvalue weighted by molar-refractivity contribution is 5.85. The fraction of sp³-hybridized carbons (Fsp3) is 0.364. The number of aliphatic carboxylic acids is 1. The molecule has 1 fully saturated rings. The van der Waals surface area contributed by atoms with Crippen LogP contribution in [0.4, 0.5) is 5.69 Å². The summed E-state index contributed by atoms with van der Waals surface area (Å²) in [5.74, 6) is -1.86. The van der Waals surface area contributed by atoms with Gasteiger partial charge in [0.25, 0.3) is 5.69 Å². The first-order valence-corrected chi connectivity index (χ1v) is 5.28. The molecule has 2 rings (SSSR count). The molecule has 6 nitrogen and oxygen atoms in total. The molecule has 2 N–H and O–H groups in total. The lowest BCUT2D eigenvalue weighted by Gasteiger charge is -2.14. The number of carboxylic acids is 1. The molecule has 2 atom stereocenters. The molecule has 0 spiro atoms. The van der Waals surface area contributed by atoms with Crippen molar-refractivity contribution in [2.45, 2.75) is 5.92 Å². The molecule has 0 amide bonds. The van der Waals surface area contributed by atoms with Crippen LogP contribution in [0.1, 0.15) is 11.5 Å². The Balaban J connectivity index is 0.00000162. The lowest BCUT2D eigenvalue weighted by molar-refractivity contribution is -0.385. The van der Waals surface area contributed by atoms with E-state index >= 15 is 0 Å². The molecular weight excluding hydrogens is 260 g/mol. The van der Waals surface area contributed by atoms with Crippen LogP contribution in [-0.4, -0.2) is 29.1 Å². The number of nitro benzene ring substituents is 1. The predicted molar refractivity (Wildman–Crippen MR) is 67.1 cm³/mol. The maximum Gasteiger partial charge on any atom is 0.308 e. The average molecular weight is 273 g/mol. The Bertz CT molecular complexity index is 466. The summed E-state index contributed by atoms with van der Waals surface area (Å²) in [5.41, 5.74) is 0.488. The third kappa shape index (κ3) is 2.60. The lowest BCUT2D eigenvalue weighted by atomic mass is 9.88. The van der Waals surface area contributed by atoms with Gasteiger partial charge >= 0.3 is 5.97 Å². The molecular formula is C11H13ClN2O4. The number of rotatable bonds is 3. The van der Waals surface area contributed by atoms with Crippen LogP contribution in [0.3, 0.4) is 0 Å². The summed E-state index contributed by atoms with van der Waals surface area (Å²) in [6.07, 6.45) is 0. The molecule has 2 unspecified atom stereocenters. The van der Waals surface area contributed by atoms with E-state index < -0.39 is 16.8 Å². The predicted octanol–water partition coefficient (Wildman–Crippen LogP) is 1.40. The van der Waals surface area contributed by atoms with E-state index in [2.05, 4.69) is 5.32 Å². The Morgan fingerprint density at radius 3 is 2.67 bits per heavy atom. The first-order chi connectivity index (χ1) is 8.11. The Morgan fingerprint density at radius 1 is 1.39 bits per heavy atom. The van der Waals surface area contributed by atoms with E-state index in [1.807, 2.05) is 0 Å². The van der Waals surface area contributed by atoms with Gasteiger partial charge in [-0.2, -0.15) is 0 Å². The van der Waals surface area contributed by atoms with Gasteiger partial charge in [-0.3, -0.25) is 14.9 Å². The van der Waals surface area contributed by atoms with Crippen LogP contribution < -0.4 is 5.32 Å². The molecule has 7 heteroatoms. The van der Waals surface area contributed by atoms with Crippen molar-refractivity contribution in [1.29, 1.82) is 0 Å². The van der Waals surface area contributed by atoms with Crippen molar-refractivity contribution in [3.63, 3.8) is 0 Å². The second kappa shape index (κ2) is 5.79. The van der Waals surface area contributed by atoms with Crippen molar-refractivity contribution in [1.82, 2.24) is 5.32 Å². The molecule has 1 aromatic carbocycles. The van der Waals surface area contributed by atoms with Crippen molar-refractivity contribution < 1.29 is 14.8 Å². The average Bonchev–Trinajstić information content (AvgIpc) is 2.77. The number of nitrogens with zero attached hydrogens (tertiary/aromatic N) is 1. The molecule has 0 aliphatic carbocycles. The highest BCUT2D eigenvalue weighted by atomic mass is 35.5. The molecule has 1 aliphatic rings. The van der Waals surface area contributed by atoms with Crippen molar-refractivity contribution in [2.24, 2.45) is 5.92 Å². The van der Waals surface area contributed by atoms with Gasteiger partial charge in [-0.15, -0.1) is 12.4 Å². The van der Waals surface area contributed by atoms with Gasteiger partial charge in [-0.25, -0.2) is 0 Å². The molecule has 0 saturated carbocycles. The molecule has 0 aromatic heterocycles. The summed E-state index contributed by atoms with van der Waals surface area (Å²) >= 11 is 0. The summed E-state index contributed by atoms with van der Waals surface area (Å²) in [6, 6.07) is 6.32. The maximum absolute atomic E-state index is 11.1. The smallest absolute Gasteiger partial charge is 0.308 e. The topological polar surface area (TPSA) is 92.5 Å².